The van der Waals surface area contributed by atoms with Crippen molar-refractivity contribution in [3.8, 4) is 0 Å². The molecule has 1 aromatic rings. The zero-order valence-corrected chi connectivity index (χ0v) is 13.6. The van der Waals surface area contributed by atoms with Crippen LogP contribution in [0.2, 0.25) is 0 Å². The summed E-state index contributed by atoms with van der Waals surface area (Å²) in [6.45, 7) is 10.0. The lowest BCUT2D eigenvalue weighted by molar-refractivity contribution is 0.0864. The van der Waals surface area contributed by atoms with Gasteiger partial charge in [-0.25, -0.2) is 0 Å². The van der Waals surface area contributed by atoms with Gasteiger partial charge in [0.2, 0.25) is 0 Å². The maximum atomic E-state index is 12.6. The number of nitrogens with zero attached hydrogens (tertiary/aromatic N) is 1. The second-order valence-corrected chi connectivity index (χ2v) is 6.19. The van der Waals surface area contributed by atoms with Gasteiger partial charge in [-0.3, -0.25) is 9.69 Å². The van der Waals surface area contributed by atoms with Crippen molar-refractivity contribution < 1.29 is 4.79 Å². The standard InChI is InChI=1S/C18H28N2O/c1-4-11-20(16-7-9-19-10-8-16)13-18(21)17-6-5-14(2)12-15(17)3/h5-6,12,16,19H,4,7-11,13H2,1-3H3. The largest absolute Gasteiger partial charge is 0.317 e. The van der Waals surface area contributed by atoms with Gasteiger partial charge in [0.15, 0.2) is 5.78 Å². The highest BCUT2D eigenvalue weighted by atomic mass is 16.1. The molecule has 1 saturated heterocycles. The highest BCUT2D eigenvalue weighted by Crippen LogP contribution is 2.16. The number of benzene rings is 1. The molecule has 21 heavy (non-hydrogen) atoms. The summed E-state index contributed by atoms with van der Waals surface area (Å²) in [5.74, 6) is 0.263. The molecule has 1 aliphatic rings. The molecule has 0 unspecified atom stereocenters. The number of ketones is 1. The fourth-order valence-corrected chi connectivity index (χ4v) is 3.25. The minimum Gasteiger partial charge on any atom is -0.317 e. The van der Waals surface area contributed by atoms with Crippen molar-refractivity contribution in [2.75, 3.05) is 26.2 Å². The Labute approximate surface area is 128 Å². The Morgan fingerprint density at radius 3 is 2.62 bits per heavy atom. The van der Waals surface area contributed by atoms with E-state index in [0.717, 1.165) is 50.0 Å². The van der Waals surface area contributed by atoms with Crippen molar-refractivity contribution in [2.45, 2.75) is 46.1 Å². The number of nitrogens with one attached hydrogen (secondary N) is 1. The average molecular weight is 288 g/mol. The van der Waals surface area contributed by atoms with Gasteiger partial charge in [0, 0.05) is 11.6 Å². The van der Waals surface area contributed by atoms with Gasteiger partial charge in [0.1, 0.15) is 0 Å². The van der Waals surface area contributed by atoms with Gasteiger partial charge < -0.3 is 5.32 Å². The molecule has 0 aliphatic carbocycles. The third-order valence-corrected chi connectivity index (χ3v) is 4.36. The average Bonchev–Trinajstić information content (AvgIpc) is 2.47. The van der Waals surface area contributed by atoms with E-state index in [1.807, 2.05) is 19.1 Å². The lowest BCUT2D eigenvalue weighted by Crippen LogP contribution is -2.45. The Bertz CT molecular complexity index is 478. The molecule has 0 radical (unpaired) electrons. The van der Waals surface area contributed by atoms with E-state index in [1.54, 1.807) is 0 Å². The summed E-state index contributed by atoms with van der Waals surface area (Å²) in [6, 6.07) is 6.68. The van der Waals surface area contributed by atoms with E-state index in [-0.39, 0.29) is 5.78 Å². The number of hydrogen-bond acceptors (Lipinski definition) is 3. The van der Waals surface area contributed by atoms with E-state index in [0.29, 0.717) is 12.6 Å². The molecule has 0 saturated carbocycles. The first-order valence-corrected chi connectivity index (χ1v) is 8.17. The minimum atomic E-state index is 0.263. The fraction of sp³-hybridized carbons (Fsp3) is 0.611. The quantitative estimate of drug-likeness (QED) is 0.817. The van der Waals surface area contributed by atoms with Gasteiger partial charge in [-0.1, -0.05) is 30.7 Å². The number of aryl methyl sites for hydroxylation is 2. The molecule has 1 fully saturated rings. The molecule has 1 aromatic carbocycles. The first-order valence-electron chi connectivity index (χ1n) is 8.17. The van der Waals surface area contributed by atoms with E-state index < -0.39 is 0 Å². The number of carbonyl (C=O) groups is 1. The molecular weight excluding hydrogens is 260 g/mol. The second kappa shape index (κ2) is 7.71. The molecule has 2 rings (SSSR count). The molecule has 3 heteroatoms. The molecule has 1 heterocycles. The molecular formula is C18H28N2O. The van der Waals surface area contributed by atoms with Crippen LogP contribution in [0.1, 0.15) is 47.7 Å². The maximum Gasteiger partial charge on any atom is 0.177 e. The molecule has 0 aromatic heterocycles. The van der Waals surface area contributed by atoms with Crippen molar-refractivity contribution in [3.63, 3.8) is 0 Å². The van der Waals surface area contributed by atoms with Crippen molar-refractivity contribution in [1.29, 1.82) is 0 Å². The summed E-state index contributed by atoms with van der Waals surface area (Å²) in [7, 11) is 0. The van der Waals surface area contributed by atoms with Crippen LogP contribution in [0, 0.1) is 13.8 Å². The Kier molecular flexibility index (Phi) is 5.95. The predicted octanol–water partition coefficient (Wildman–Crippen LogP) is 2.95. The maximum absolute atomic E-state index is 12.6. The number of piperidine rings is 1. The summed E-state index contributed by atoms with van der Waals surface area (Å²) in [5.41, 5.74) is 3.20. The van der Waals surface area contributed by atoms with E-state index >= 15 is 0 Å². The number of carbonyl (C=O) groups excluding carboxylic acids is 1. The monoisotopic (exact) mass is 288 g/mol. The van der Waals surface area contributed by atoms with E-state index in [2.05, 4.69) is 30.1 Å². The Hall–Kier alpha value is -1.19. The van der Waals surface area contributed by atoms with E-state index in [9.17, 15) is 4.79 Å². The van der Waals surface area contributed by atoms with Gasteiger partial charge in [-0.2, -0.15) is 0 Å². The topological polar surface area (TPSA) is 32.3 Å². The summed E-state index contributed by atoms with van der Waals surface area (Å²) < 4.78 is 0. The molecule has 1 aliphatic heterocycles. The number of Topliss-reactive ketones (excluding diaryl/α,β-unsaturated/α-hetero) is 1. The summed E-state index contributed by atoms with van der Waals surface area (Å²) >= 11 is 0. The fourth-order valence-electron chi connectivity index (χ4n) is 3.25. The summed E-state index contributed by atoms with van der Waals surface area (Å²) in [5, 5.41) is 3.40. The van der Waals surface area contributed by atoms with Crippen LogP contribution in [-0.2, 0) is 0 Å². The molecule has 0 spiro atoms. The van der Waals surface area contributed by atoms with Crippen molar-refractivity contribution in [1.82, 2.24) is 10.2 Å². The van der Waals surface area contributed by atoms with Crippen molar-refractivity contribution in [3.05, 3.63) is 34.9 Å². The second-order valence-electron chi connectivity index (χ2n) is 6.19. The van der Waals surface area contributed by atoms with E-state index in [4.69, 9.17) is 0 Å². The van der Waals surface area contributed by atoms with Gasteiger partial charge in [-0.05, 0) is 58.3 Å². The Morgan fingerprint density at radius 1 is 1.29 bits per heavy atom. The van der Waals surface area contributed by atoms with Crippen molar-refractivity contribution >= 4 is 5.78 Å². The zero-order valence-electron chi connectivity index (χ0n) is 13.6. The molecule has 0 amide bonds. The normalized spacial score (nSPS) is 16.4. The molecule has 3 nitrogen and oxygen atoms in total. The van der Waals surface area contributed by atoms with Crippen LogP contribution in [0.5, 0.6) is 0 Å². The first kappa shape index (κ1) is 16.2. The third kappa shape index (κ3) is 4.39. The van der Waals surface area contributed by atoms with E-state index in [1.165, 1.54) is 5.56 Å². The van der Waals surface area contributed by atoms with Crippen LogP contribution < -0.4 is 5.32 Å². The van der Waals surface area contributed by atoms with Crippen molar-refractivity contribution in [2.24, 2.45) is 0 Å². The lowest BCUT2D eigenvalue weighted by Gasteiger charge is -2.34. The smallest absolute Gasteiger partial charge is 0.177 e. The highest BCUT2D eigenvalue weighted by molar-refractivity contribution is 5.99. The van der Waals surface area contributed by atoms with Gasteiger partial charge in [-0.15, -0.1) is 0 Å². The molecule has 0 bridgehead atoms. The van der Waals surface area contributed by atoms with Crippen LogP contribution in [0.25, 0.3) is 0 Å². The summed E-state index contributed by atoms with van der Waals surface area (Å²) in [6.07, 6.45) is 3.41. The number of hydrogen-bond donors (Lipinski definition) is 1. The lowest BCUT2D eigenvalue weighted by atomic mass is 10.00. The van der Waals surface area contributed by atoms with Gasteiger partial charge in [0.05, 0.1) is 6.54 Å². The zero-order chi connectivity index (χ0) is 15.2. The third-order valence-electron chi connectivity index (χ3n) is 4.36. The Balaban J connectivity index is 2.06. The predicted molar refractivity (Wildman–Crippen MR) is 88.0 cm³/mol. The van der Waals surface area contributed by atoms with Crippen LogP contribution in [0.15, 0.2) is 18.2 Å². The van der Waals surface area contributed by atoms with Crippen LogP contribution >= 0.6 is 0 Å². The molecule has 1 N–H and O–H groups in total. The van der Waals surface area contributed by atoms with Crippen LogP contribution in [-0.4, -0.2) is 42.9 Å². The first-order chi connectivity index (χ1) is 10.1. The minimum absolute atomic E-state index is 0.263. The molecule has 0 atom stereocenters. The Morgan fingerprint density at radius 2 is 2.00 bits per heavy atom. The van der Waals surface area contributed by atoms with Gasteiger partial charge >= 0.3 is 0 Å². The highest BCUT2D eigenvalue weighted by Gasteiger charge is 2.23. The van der Waals surface area contributed by atoms with Crippen LogP contribution in [0.3, 0.4) is 0 Å². The molecule has 116 valence electrons. The summed E-state index contributed by atoms with van der Waals surface area (Å²) in [4.78, 5) is 15.0. The SMILES string of the molecule is CCCN(CC(=O)c1ccc(C)cc1C)C1CCNCC1. The number of rotatable bonds is 6. The van der Waals surface area contributed by atoms with Gasteiger partial charge in [0.25, 0.3) is 0 Å². The van der Waals surface area contributed by atoms with Crippen LogP contribution in [0.4, 0.5) is 0 Å².